The summed E-state index contributed by atoms with van der Waals surface area (Å²) in [5.74, 6) is -0.957. The summed E-state index contributed by atoms with van der Waals surface area (Å²) in [5, 5.41) is 3.23. The van der Waals surface area contributed by atoms with Gasteiger partial charge in [0.2, 0.25) is 10.0 Å². The largest absolute Gasteiger partial charge is 0.465 e. The van der Waals surface area contributed by atoms with Crippen LogP contribution in [0.5, 0.6) is 0 Å². The van der Waals surface area contributed by atoms with Crippen molar-refractivity contribution >= 4 is 28.4 Å². The van der Waals surface area contributed by atoms with E-state index in [1.54, 1.807) is 0 Å². The van der Waals surface area contributed by atoms with Gasteiger partial charge in [-0.15, -0.1) is 12.4 Å². The molecule has 1 N–H and O–H groups in total. The highest BCUT2D eigenvalue weighted by Crippen LogP contribution is 2.32. The van der Waals surface area contributed by atoms with E-state index in [-0.39, 0.29) is 34.7 Å². The van der Waals surface area contributed by atoms with Crippen molar-refractivity contribution in [2.45, 2.75) is 4.90 Å². The number of esters is 1. The Balaban J connectivity index is 0.00000192. The van der Waals surface area contributed by atoms with Crippen LogP contribution in [-0.4, -0.2) is 52.0 Å². The van der Waals surface area contributed by atoms with Crippen molar-refractivity contribution in [1.29, 1.82) is 0 Å². The van der Waals surface area contributed by atoms with E-state index < -0.39 is 21.8 Å². The first kappa shape index (κ1) is 18.1. The average Bonchev–Trinajstić information content (AvgIpc) is 3.07. The van der Waals surface area contributed by atoms with E-state index in [1.807, 2.05) is 0 Å². The van der Waals surface area contributed by atoms with Crippen LogP contribution in [0.25, 0.3) is 0 Å². The number of sulfonamides is 1. The molecule has 23 heavy (non-hydrogen) atoms. The molecular weight excluding hydrogens is 347 g/mol. The Morgan fingerprint density at radius 1 is 1.30 bits per heavy atom. The normalized spacial score (nSPS) is 24.1. The molecule has 0 spiro atoms. The number of methoxy groups -OCH3 is 1. The Hall–Kier alpha value is -1.22. The van der Waals surface area contributed by atoms with E-state index >= 15 is 0 Å². The van der Waals surface area contributed by atoms with Gasteiger partial charge in [0, 0.05) is 13.1 Å². The van der Waals surface area contributed by atoms with E-state index in [1.165, 1.54) is 4.31 Å². The summed E-state index contributed by atoms with van der Waals surface area (Å²) in [7, 11) is -2.76. The van der Waals surface area contributed by atoms with Gasteiger partial charge in [0.25, 0.3) is 0 Å². The number of fused-ring (bicyclic) bond motifs is 1. The van der Waals surface area contributed by atoms with Gasteiger partial charge < -0.3 is 10.1 Å². The molecule has 2 fully saturated rings. The van der Waals surface area contributed by atoms with Gasteiger partial charge in [-0.3, -0.25) is 0 Å². The molecule has 0 unspecified atom stereocenters. The summed E-state index contributed by atoms with van der Waals surface area (Å²) < 4.78 is 45.0. The number of carbonyl (C=O) groups excluding carboxylic acids is 1. The first-order valence-electron chi connectivity index (χ1n) is 7.02. The molecule has 2 heterocycles. The van der Waals surface area contributed by atoms with E-state index in [9.17, 15) is 17.6 Å². The van der Waals surface area contributed by atoms with Crippen molar-refractivity contribution in [2.24, 2.45) is 11.8 Å². The molecule has 2 aliphatic rings. The molecule has 3 rings (SSSR count). The highest BCUT2D eigenvalue weighted by Gasteiger charge is 2.42. The zero-order valence-electron chi connectivity index (χ0n) is 12.5. The molecule has 0 aromatic heterocycles. The molecule has 0 radical (unpaired) electrons. The monoisotopic (exact) mass is 364 g/mol. The molecular formula is C14H18ClFN2O4S. The van der Waals surface area contributed by atoms with Crippen LogP contribution in [0, 0.1) is 17.7 Å². The van der Waals surface area contributed by atoms with Crippen LogP contribution in [0.2, 0.25) is 0 Å². The number of carbonyl (C=O) groups is 1. The van der Waals surface area contributed by atoms with Crippen LogP contribution in [0.4, 0.5) is 4.39 Å². The smallest absolute Gasteiger partial charge is 0.339 e. The second-order valence-corrected chi connectivity index (χ2v) is 7.54. The summed E-state index contributed by atoms with van der Waals surface area (Å²) in [5.41, 5.74) is -0.140. The second-order valence-electron chi connectivity index (χ2n) is 5.63. The van der Waals surface area contributed by atoms with Gasteiger partial charge in [0.05, 0.1) is 17.6 Å². The SMILES string of the molecule is COC(=O)c1ccc(F)cc1S(=O)(=O)N1C[C@H]2CNC[C@H]2C1.Cl. The zero-order valence-corrected chi connectivity index (χ0v) is 14.1. The second kappa shape index (κ2) is 6.72. The molecule has 9 heteroatoms. The predicted molar refractivity (Wildman–Crippen MR) is 83.6 cm³/mol. The molecule has 0 bridgehead atoms. The third kappa shape index (κ3) is 3.21. The minimum Gasteiger partial charge on any atom is -0.465 e. The molecule has 0 amide bonds. The molecule has 0 aliphatic carbocycles. The molecule has 0 saturated carbocycles. The van der Waals surface area contributed by atoms with Gasteiger partial charge in [-0.25, -0.2) is 17.6 Å². The van der Waals surface area contributed by atoms with Crippen LogP contribution in [0.1, 0.15) is 10.4 Å². The van der Waals surface area contributed by atoms with Crippen molar-refractivity contribution in [3.8, 4) is 0 Å². The molecule has 6 nitrogen and oxygen atoms in total. The Labute approximate surface area is 140 Å². The lowest BCUT2D eigenvalue weighted by Crippen LogP contribution is -2.33. The van der Waals surface area contributed by atoms with Gasteiger partial charge >= 0.3 is 5.97 Å². The van der Waals surface area contributed by atoms with Crippen LogP contribution >= 0.6 is 12.4 Å². The topological polar surface area (TPSA) is 75.7 Å². The Morgan fingerprint density at radius 3 is 2.48 bits per heavy atom. The Kier molecular flexibility index (Phi) is 5.30. The first-order valence-corrected chi connectivity index (χ1v) is 8.46. The quantitative estimate of drug-likeness (QED) is 0.806. The number of benzene rings is 1. The fourth-order valence-electron chi connectivity index (χ4n) is 3.14. The van der Waals surface area contributed by atoms with Gasteiger partial charge in [-0.2, -0.15) is 4.31 Å². The van der Waals surface area contributed by atoms with E-state index in [4.69, 9.17) is 0 Å². The van der Waals surface area contributed by atoms with Crippen molar-refractivity contribution in [2.75, 3.05) is 33.3 Å². The van der Waals surface area contributed by atoms with Crippen molar-refractivity contribution in [3.05, 3.63) is 29.6 Å². The van der Waals surface area contributed by atoms with Gasteiger partial charge in [-0.1, -0.05) is 0 Å². The molecule has 1 aromatic carbocycles. The fraction of sp³-hybridized carbons (Fsp3) is 0.500. The zero-order chi connectivity index (χ0) is 15.9. The third-order valence-corrected chi connectivity index (χ3v) is 6.19. The fourth-order valence-corrected chi connectivity index (χ4v) is 4.88. The number of hydrogen-bond acceptors (Lipinski definition) is 5. The summed E-state index contributed by atoms with van der Waals surface area (Å²) >= 11 is 0. The van der Waals surface area contributed by atoms with Gasteiger partial charge in [-0.05, 0) is 43.1 Å². The third-order valence-electron chi connectivity index (χ3n) is 4.32. The maximum atomic E-state index is 13.5. The van der Waals surface area contributed by atoms with E-state index in [2.05, 4.69) is 10.1 Å². The number of hydrogen-bond donors (Lipinski definition) is 1. The van der Waals surface area contributed by atoms with Crippen LogP contribution in [0.15, 0.2) is 23.1 Å². The minimum absolute atomic E-state index is 0. The molecule has 128 valence electrons. The van der Waals surface area contributed by atoms with Gasteiger partial charge in [0.15, 0.2) is 0 Å². The van der Waals surface area contributed by atoms with Crippen LogP contribution in [-0.2, 0) is 14.8 Å². The number of nitrogens with one attached hydrogen (secondary N) is 1. The Morgan fingerprint density at radius 2 is 1.91 bits per heavy atom. The van der Waals surface area contributed by atoms with Crippen LogP contribution in [0.3, 0.4) is 0 Å². The number of nitrogens with zero attached hydrogens (tertiary/aromatic N) is 1. The van der Waals surface area contributed by atoms with Crippen molar-refractivity contribution in [1.82, 2.24) is 9.62 Å². The van der Waals surface area contributed by atoms with Crippen molar-refractivity contribution < 1.29 is 22.3 Å². The first-order chi connectivity index (χ1) is 10.4. The summed E-state index contributed by atoms with van der Waals surface area (Å²) in [6.07, 6.45) is 0. The highest BCUT2D eigenvalue weighted by atomic mass is 35.5. The number of halogens is 2. The lowest BCUT2D eigenvalue weighted by atomic mass is 10.0. The van der Waals surface area contributed by atoms with E-state index in [0.717, 1.165) is 38.4 Å². The Bertz CT molecular complexity index is 701. The van der Waals surface area contributed by atoms with Gasteiger partial charge in [0.1, 0.15) is 5.82 Å². The summed E-state index contributed by atoms with van der Waals surface area (Å²) in [6.45, 7) is 2.33. The molecule has 2 atom stereocenters. The maximum Gasteiger partial charge on any atom is 0.339 e. The maximum absolute atomic E-state index is 13.5. The number of rotatable bonds is 3. The lowest BCUT2D eigenvalue weighted by molar-refractivity contribution is 0.0596. The average molecular weight is 365 g/mol. The van der Waals surface area contributed by atoms with Crippen LogP contribution < -0.4 is 5.32 Å². The molecule has 2 aliphatic heterocycles. The molecule has 2 saturated heterocycles. The predicted octanol–water partition coefficient (Wildman–Crippen LogP) is 0.874. The summed E-state index contributed by atoms with van der Waals surface area (Å²) in [4.78, 5) is 11.4. The number of ether oxygens (including phenoxy) is 1. The summed E-state index contributed by atoms with van der Waals surface area (Å²) in [6, 6.07) is 3.08. The standard InChI is InChI=1S/C14H17FN2O4S.ClH/c1-21-14(18)12-3-2-11(15)4-13(12)22(19,20)17-7-9-5-16-6-10(9)8-17;/h2-4,9-10,16H,5-8H2,1H3;1H/t9-,10+;. The van der Waals surface area contributed by atoms with E-state index in [0.29, 0.717) is 13.1 Å². The molecule has 1 aromatic rings. The minimum atomic E-state index is -3.92. The van der Waals surface area contributed by atoms with Crippen molar-refractivity contribution in [3.63, 3.8) is 0 Å². The highest BCUT2D eigenvalue weighted by molar-refractivity contribution is 7.89. The lowest BCUT2D eigenvalue weighted by Gasteiger charge is -2.19.